The molecule has 0 radical (unpaired) electrons. The SMILES string of the molecule is c1ccc(-n2c3ccccc3c3cc(-c4ccc(N(c5cccc6c5-c5ccccc5C6(c5ccccc5)c5ccccc5)c5cc6ccccc6c6c5oc5ccccc56)cc4)ccc32)cc1. The van der Waals surface area contributed by atoms with E-state index in [1.807, 2.05) is 0 Å². The molecule has 1 aliphatic rings. The van der Waals surface area contributed by atoms with Gasteiger partial charge in [0.15, 0.2) is 5.58 Å². The molecule has 13 aromatic rings. The molecule has 3 heteroatoms. The molecule has 14 rings (SSSR count). The zero-order chi connectivity index (χ0) is 44.8. The van der Waals surface area contributed by atoms with E-state index in [1.54, 1.807) is 0 Å². The second kappa shape index (κ2) is 15.1. The summed E-state index contributed by atoms with van der Waals surface area (Å²) >= 11 is 0. The van der Waals surface area contributed by atoms with E-state index in [0.29, 0.717) is 0 Å². The number of furan rings is 1. The number of nitrogens with zero attached hydrogens (tertiary/aromatic N) is 2. The Bertz CT molecular complexity index is 4030. The van der Waals surface area contributed by atoms with Crippen molar-refractivity contribution in [2.24, 2.45) is 0 Å². The number of anilines is 3. The highest BCUT2D eigenvalue weighted by Crippen LogP contribution is 2.60. The van der Waals surface area contributed by atoms with E-state index in [4.69, 9.17) is 4.42 Å². The summed E-state index contributed by atoms with van der Waals surface area (Å²) in [5.41, 5.74) is 17.6. The van der Waals surface area contributed by atoms with Crippen molar-refractivity contribution in [2.75, 3.05) is 4.90 Å². The Hall–Kier alpha value is -8.92. The minimum absolute atomic E-state index is 0.555. The lowest BCUT2D eigenvalue weighted by Gasteiger charge is -2.34. The van der Waals surface area contributed by atoms with Crippen LogP contribution in [0.4, 0.5) is 17.1 Å². The van der Waals surface area contributed by atoms with Gasteiger partial charge < -0.3 is 13.9 Å². The van der Waals surface area contributed by atoms with Crippen LogP contribution >= 0.6 is 0 Å². The highest BCUT2D eigenvalue weighted by atomic mass is 16.3. The summed E-state index contributed by atoms with van der Waals surface area (Å²) in [5.74, 6) is 0. The van der Waals surface area contributed by atoms with E-state index in [2.05, 4.69) is 264 Å². The van der Waals surface area contributed by atoms with Crippen molar-refractivity contribution in [1.29, 1.82) is 0 Å². The lowest BCUT2D eigenvalue weighted by atomic mass is 9.68. The minimum atomic E-state index is -0.555. The second-order valence-electron chi connectivity index (χ2n) is 17.9. The molecule has 2 heterocycles. The molecule has 318 valence electrons. The third-order valence-corrected chi connectivity index (χ3v) is 14.4. The van der Waals surface area contributed by atoms with E-state index in [0.717, 1.165) is 55.6 Å². The summed E-state index contributed by atoms with van der Waals surface area (Å²) in [7, 11) is 0. The van der Waals surface area contributed by atoms with Crippen LogP contribution in [0.2, 0.25) is 0 Å². The van der Waals surface area contributed by atoms with Crippen molar-refractivity contribution < 1.29 is 4.42 Å². The lowest BCUT2D eigenvalue weighted by molar-refractivity contribution is 0.669. The van der Waals surface area contributed by atoms with Gasteiger partial charge in [0.2, 0.25) is 0 Å². The summed E-state index contributed by atoms with van der Waals surface area (Å²) in [6.07, 6.45) is 0. The molecule has 0 N–H and O–H groups in total. The molecular formula is C65H42N2O. The number of benzene rings is 11. The highest BCUT2D eigenvalue weighted by molar-refractivity contribution is 6.23. The first-order valence-electron chi connectivity index (χ1n) is 23.4. The zero-order valence-corrected chi connectivity index (χ0v) is 37.1. The normalized spacial score (nSPS) is 12.8. The Balaban J connectivity index is 1.02. The number of hydrogen-bond acceptors (Lipinski definition) is 2. The van der Waals surface area contributed by atoms with Crippen molar-refractivity contribution >= 4 is 71.6 Å². The van der Waals surface area contributed by atoms with Gasteiger partial charge in [0.05, 0.1) is 27.8 Å². The first-order valence-corrected chi connectivity index (χ1v) is 23.4. The summed E-state index contributed by atoms with van der Waals surface area (Å²) < 4.78 is 9.42. The van der Waals surface area contributed by atoms with Gasteiger partial charge in [0.1, 0.15) is 5.58 Å². The van der Waals surface area contributed by atoms with E-state index < -0.39 is 5.41 Å². The van der Waals surface area contributed by atoms with Crippen molar-refractivity contribution in [3.8, 4) is 27.9 Å². The third kappa shape index (κ3) is 5.54. The van der Waals surface area contributed by atoms with Gasteiger partial charge in [-0.25, -0.2) is 0 Å². The Labute approximate surface area is 394 Å². The predicted octanol–water partition coefficient (Wildman–Crippen LogP) is 17.3. The third-order valence-electron chi connectivity index (χ3n) is 14.4. The highest BCUT2D eigenvalue weighted by Gasteiger charge is 2.47. The van der Waals surface area contributed by atoms with Crippen LogP contribution in [0.5, 0.6) is 0 Å². The van der Waals surface area contributed by atoms with Gasteiger partial charge in [-0.15, -0.1) is 0 Å². The lowest BCUT2D eigenvalue weighted by Crippen LogP contribution is -2.28. The minimum Gasteiger partial charge on any atom is -0.454 e. The maximum absolute atomic E-state index is 7.04. The van der Waals surface area contributed by atoms with Gasteiger partial charge in [-0.3, -0.25) is 0 Å². The largest absolute Gasteiger partial charge is 0.454 e. The molecular weight excluding hydrogens is 825 g/mol. The topological polar surface area (TPSA) is 21.3 Å². The van der Waals surface area contributed by atoms with Gasteiger partial charge in [-0.2, -0.15) is 0 Å². The molecule has 0 aliphatic heterocycles. The molecule has 0 saturated carbocycles. The first-order chi connectivity index (χ1) is 33.8. The fourth-order valence-electron chi connectivity index (χ4n) is 11.6. The molecule has 11 aromatic carbocycles. The Morgan fingerprint density at radius 3 is 1.78 bits per heavy atom. The fraction of sp³-hybridized carbons (Fsp3) is 0.0154. The monoisotopic (exact) mass is 866 g/mol. The Kier molecular flexibility index (Phi) is 8.50. The maximum atomic E-state index is 7.04. The predicted molar refractivity (Wildman–Crippen MR) is 283 cm³/mol. The average Bonchev–Trinajstić information content (AvgIpc) is 4.07. The molecule has 0 saturated heterocycles. The average molecular weight is 867 g/mol. The quantitative estimate of drug-likeness (QED) is 0.159. The molecule has 0 spiro atoms. The van der Waals surface area contributed by atoms with E-state index in [9.17, 15) is 0 Å². The van der Waals surface area contributed by atoms with Gasteiger partial charge in [-0.1, -0.05) is 194 Å². The second-order valence-corrected chi connectivity index (χ2v) is 17.9. The number of rotatable bonds is 7. The van der Waals surface area contributed by atoms with Crippen LogP contribution in [0.3, 0.4) is 0 Å². The smallest absolute Gasteiger partial charge is 0.160 e. The van der Waals surface area contributed by atoms with Crippen LogP contribution in [0.1, 0.15) is 22.3 Å². The molecule has 2 aromatic heterocycles. The summed E-state index contributed by atoms with van der Waals surface area (Å²) in [6.45, 7) is 0. The molecule has 68 heavy (non-hydrogen) atoms. The van der Waals surface area contributed by atoms with Gasteiger partial charge in [0.25, 0.3) is 0 Å². The summed E-state index contributed by atoms with van der Waals surface area (Å²) in [5, 5.41) is 7.02. The fourth-order valence-corrected chi connectivity index (χ4v) is 11.6. The summed E-state index contributed by atoms with van der Waals surface area (Å²) in [6, 6.07) is 93.0. The van der Waals surface area contributed by atoms with Crippen molar-refractivity contribution in [3.63, 3.8) is 0 Å². The number of aromatic nitrogens is 1. The summed E-state index contributed by atoms with van der Waals surface area (Å²) in [4.78, 5) is 2.46. The van der Waals surface area contributed by atoms with Crippen molar-refractivity contribution in [1.82, 2.24) is 4.57 Å². The van der Waals surface area contributed by atoms with Crippen LogP contribution in [0, 0.1) is 0 Å². The van der Waals surface area contributed by atoms with Crippen LogP contribution in [-0.2, 0) is 5.41 Å². The molecule has 0 atom stereocenters. The first kappa shape index (κ1) is 38.4. The molecule has 0 bridgehead atoms. The van der Waals surface area contributed by atoms with Crippen LogP contribution in [0.25, 0.3) is 82.5 Å². The molecule has 0 amide bonds. The van der Waals surface area contributed by atoms with Crippen LogP contribution < -0.4 is 4.90 Å². The Morgan fingerprint density at radius 1 is 0.397 bits per heavy atom. The number of para-hydroxylation sites is 3. The zero-order valence-electron chi connectivity index (χ0n) is 37.1. The Morgan fingerprint density at radius 2 is 1.00 bits per heavy atom. The standard InChI is InChI=1S/C65H42N2O/c1-4-20-46(21-5-1)65(47-22-6-2-7-23-47)55-30-15-12-28-52(55)63-56(65)31-18-33-59(63)67(60-42-45-19-10-11-26-50(45)62-53-29-14-17-34-61(53)68-64(60)62)49-38-35-43(36-39-49)44-37-40-58-54(41-44)51-27-13-16-32-57(51)66(58)48-24-8-3-9-25-48/h1-42H. The van der Waals surface area contributed by atoms with Gasteiger partial charge >= 0.3 is 0 Å². The van der Waals surface area contributed by atoms with E-state index in [-0.39, 0.29) is 0 Å². The maximum Gasteiger partial charge on any atom is 0.160 e. The van der Waals surface area contributed by atoms with Gasteiger partial charge in [0, 0.05) is 38.5 Å². The number of hydrogen-bond donors (Lipinski definition) is 0. The molecule has 0 fully saturated rings. The molecule has 1 aliphatic carbocycles. The van der Waals surface area contributed by atoms with E-state index >= 15 is 0 Å². The van der Waals surface area contributed by atoms with Gasteiger partial charge in [-0.05, 0) is 110 Å². The van der Waals surface area contributed by atoms with Crippen molar-refractivity contribution in [3.05, 3.63) is 277 Å². The molecule has 0 unspecified atom stereocenters. The van der Waals surface area contributed by atoms with Crippen LogP contribution in [0.15, 0.2) is 259 Å². The van der Waals surface area contributed by atoms with E-state index in [1.165, 1.54) is 66.1 Å². The van der Waals surface area contributed by atoms with Crippen molar-refractivity contribution in [2.45, 2.75) is 5.41 Å². The molecule has 3 nitrogen and oxygen atoms in total. The number of fused-ring (bicyclic) bond motifs is 11. The van der Waals surface area contributed by atoms with Crippen LogP contribution in [-0.4, -0.2) is 4.57 Å².